The number of aliphatic hydroxyl groups is 2. The second-order valence-corrected chi connectivity index (χ2v) is 9.37. The molecule has 10 nitrogen and oxygen atoms in total. The second-order valence-electron chi connectivity index (χ2n) is 8.98. The Balaban J connectivity index is 0.000000208. The predicted molar refractivity (Wildman–Crippen MR) is 163 cm³/mol. The van der Waals surface area contributed by atoms with Gasteiger partial charge in [0.05, 0.1) is 62.9 Å². The number of hydrogen-bond donors (Lipinski definition) is 5. The molecule has 3 aromatic carbocycles. The lowest BCUT2D eigenvalue weighted by Gasteiger charge is -2.17. The minimum absolute atomic E-state index is 0.0296. The van der Waals surface area contributed by atoms with Gasteiger partial charge in [-0.25, -0.2) is 9.97 Å². The van der Waals surface area contributed by atoms with Crippen LogP contribution in [0.1, 0.15) is 23.2 Å². The number of anilines is 2. The van der Waals surface area contributed by atoms with Crippen molar-refractivity contribution in [2.75, 3.05) is 31.0 Å². The highest BCUT2D eigenvalue weighted by Gasteiger charge is 2.13. The van der Waals surface area contributed by atoms with Crippen molar-refractivity contribution in [3.05, 3.63) is 120 Å². The number of ether oxygens (including phenoxy) is 1. The van der Waals surface area contributed by atoms with Crippen molar-refractivity contribution in [1.29, 1.82) is 0 Å². The van der Waals surface area contributed by atoms with Gasteiger partial charge >= 0.3 is 0 Å². The third-order valence-electron chi connectivity index (χ3n) is 6.13. The number of phenols is 1. The highest BCUT2D eigenvalue weighted by Crippen LogP contribution is 2.31. The number of hydrogen-bond acceptors (Lipinski definition) is 10. The van der Waals surface area contributed by atoms with E-state index in [-0.39, 0.29) is 31.0 Å². The minimum atomic E-state index is -0.278. The lowest BCUT2D eigenvalue weighted by Crippen LogP contribution is -2.15. The van der Waals surface area contributed by atoms with Crippen LogP contribution in [0.5, 0.6) is 11.5 Å². The summed E-state index contributed by atoms with van der Waals surface area (Å²) < 4.78 is 5.13. The molecule has 0 spiro atoms. The summed E-state index contributed by atoms with van der Waals surface area (Å²) in [7, 11) is 1.49. The summed E-state index contributed by atoms with van der Waals surface area (Å²) in [5.74, 6) is 1.53. The number of aromatic nitrogens is 4. The number of aliphatic hydroxyl groups excluding tert-OH is 2. The highest BCUT2D eigenvalue weighted by molar-refractivity contribution is 6.29. The molecule has 0 bridgehead atoms. The summed E-state index contributed by atoms with van der Waals surface area (Å²) in [5.41, 5.74) is 3.35. The SMILES string of the molecule is COc1cc(-c2cncc(N[C@@H](CO)c3ccccc3)n2)ccc1O.OC[C@H](Nc1cncc(Cl)n1)c1ccccc1. The van der Waals surface area contributed by atoms with E-state index in [2.05, 4.69) is 30.6 Å². The van der Waals surface area contributed by atoms with Gasteiger partial charge in [0.1, 0.15) is 16.8 Å². The molecular weight excluding hydrogens is 556 g/mol. The minimum Gasteiger partial charge on any atom is -0.504 e. The van der Waals surface area contributed by atoms with E-state index in [4.69, 9.17) is 16.3 Å². The largest absolute Gasteiger partial charge is 0.504 e. The van der Waals surface area contributed by atoms with Gasteiger partial charge in [0, 0.05) is 5.56 Å². The monoisotopic (exact) mass is 586 g/mol. The standard InChI is InChI=1S/C19H19N3O3.C12H12ClN3O/c1-25-18-9-14(7-8-17(18)24)15-10-20-11-19(21-15)22-16(12-23)13-5-3-2-4-6-13;13-11-6-14-7-12(16-11)15-10(8-17)9-4-2-1-3-5-9/h2-11,16,23-24H,12H2,1H3,(H,21,22);1-7,10,17H,8H2,(H,15,16)/t16-;10-/m00/s1. The second kappa shape index (κ2) is 15.3. The van der Waals surface area contributed by atoms with Crippen LogP contribution >= 0.6 is 11.6 Å². The number of rotatable bonds is 10. The summed E-state index contributed by atoms with van der Waals surface area (Å²) in [6.07, 6.45) is 6.26. The van der Waals surface area contributed by atoms with Gasteiger partial charge in [-0.05, 0) is 29.3 Å². The molecule has 2 heterocycles. The van der Waals surface area contributed by atoms with Gasteiger partial charge in [-0.2, -0.15) is 0 Å². The highest BCUT2D eigenvalue weighted by atomic mass is 35.5. The summed E-state index contributed by atoms with van der Waals surface area (Å²) in [5, 5.41) is 35.3. The molecule has 0 aliphatic heterocycles. The van der Waals surface area contributed by atoms with E-state index in [1.54, 1.807) is 36.8 Å². The summed E-state index contributed by atoms with van der Waals surface area (Å²) >= 11 is 5.74. The Morgan fingerprint density at radius 3 is 1.81 bits per heavy atom. The van der Waals surface area contributed by atoms with Gasteiger partial charge in [0.2, 0.25) is 0 Å². The average molecular weight is 587 g/mol. The summed E-state index contributed by atoms with van der Waals surface area (Å²) in [6.45, 7) is -0.0961. The Kier molecular flexibility index (Phi) is 11.0. The zero-order valence-electron chi connectivity index (χ0n) is 22.8. The topological polar surface area (TPSA) is 146 Å². The predicted octanol–water partition coefficient (Wildman–Crippen LogP) is 5.28. The number of methoxy groups -OCH3 is 1. The number of nitrogens with one attached hydrogen (secondary N) is 2. The molecule has 0 saturated carbocycles. The lowest BCUT2D eigenvalue weighted by atomic mass is 10.1. The Bertz CT molecular complexity index is 1550. The third-order valence-corrected chi connectivity index (χ3v) is 6.31. The van der Waals surface area contributed by atoms with E-state index in [1.165, 1.54) is 13.3 Å². The molecule has 5 aromatic rings. The van der Waals surface area contributed by atoms with Crippen LogP contribution in [0.25, 0.3) is 11.3 Å². The molecule has 0 aliphatic rings. The van der Waals surface area contributed by atoms with E-state index >= 15 is 0 Å². The van der Waals surface area contributed by atoms with Gasteiger partial charge in [-0.3, -0.25) is 9.97 Å². The molecule has 11 heteroatoms. The van der Waals surface area contributed by atoms with E-state index < -0.39 is 0 Å². The first-order valence-corrected chi connectivity index (χ1v) is 13.4. The quantitative estimate of drug-likeness (QED) is 0.146. The van der Waals surface area contributed by atoms with Crippen molar-refractivity contribution in [2.24, 2.45) is 0 Å². The number of halogens is 1. The fourth-order valence-corrected chi connectivity index (χ4v) is 4.17. The molecule has 0 aliphatic carbocycles. The van der Waals surface area contributed by atoms with Crippen LogP contribution in [0.15, 0.2) is 104 Å². The summed E-state index contributed by atoms with van der Waals surface area (Å²) in [4.78, 5) is 16.7. The van der Waals surface area contributed by atoms with Crippen LogP contribution < -0.4 is 15.4 Å². The molecule has 42 heavy (non-hydrogen) atoms. The molecule has 0 radical (unpaired) electrons. The first-order valence-electron chi connectivity index (χ1n) is 13.0. The van der Waals surface area contributed by atoms with Crippen LogP contribution in [0.4, 0.5) is 11.6 Å². The van der Waals surface area contributed by atoms with Crippen molar-refractivity contribution in [1.82, 2.24) is 19.9 Å². The van der Waals surface area contributed by atoms with Crippen LogP contribution in [-0.2, 0) is 0 Å². The Hall–Kier alpha value is -4.77. The molecule has 0 fully saturated rings. The molecule has 2 aromatic heterocycles. The average Bonchev–Trinajstić information content (AvgIpc) is 3.04. The smallest absolute Gasteiger partial charge is 0.161 e. The van der Waals surface area contributed by atoms with Crippen LogP contribution in [0.2, 0.25) is 5.15 Å². The fraction of sp³-hybridized carbons (Fsp3) is 0.161. The summed E-state index contributed by atoms with van der Waals surface area (Å²) in [6, 6.07) is 23.8. The van der Waals surface area contributed by atoms with Crippen LogP contribution in [0, 0.1) is 0 Å². The zero-order chi connectivity index (χ0) is 29.7. The van der Waals surface area contributed by atoms with Crippen molar-refractivity contribution in [2.45, 2.75) is 12.1 Å². The van der Waals surface area contributed by atoms with Gasteiger partial charge in [-0.15, -0.1) is 0 Å². The van der Waals surface area contributed by atoms with Gasteiger partial charge in [-0.1, -0.05) is 72.3 Å². The number of nitrogens with zero attached hydrogens (tertiary/aromatic N) is 4. The first kappa shape index (κ1) is 30.2. The Morgan fingerprint density at radius 2 is 1.29 bits per heavy atom. The van der Waals surface area contributed by atoms with Gasteiger partial charge in [0.15, 0.2) is 11.5 Å². The van der Waals surface area contributed by atoms with E-state index in [0.717, 1.165) is 16.7 Å². The maximum Gasteiger partial charge on any atom is 0.161 e. The fourth-order valence-electron chi connectivity index (χ4n) is 4.02. The first-order chi connectivity index (χ1) is 20.5. The number of benzene rings is 3. The number of aromatic hydroxyl groups is 1. The van der Waals surface area contributed by atoms with Gasteiger partial charge < -0.3 is 30.7 Å². The molecule has 0 amide bonds. The molecule has 0 unspecified atom stereocenters. The van der Waals surface area contributed by atoms with Gasteiger partial charge in [0.25, 0.3) is 0 Å². The van der Waals surface area contributed by atoms with Crippen LogP contribution in [-0.4, -0.2) is 55.6 Å². The van der Waals surface area contributed by atoms with E-state index in [1.807, 2.05) is 60.7 Å². The maximum absolute atomic E-state index is 9.71. The molecule has 0 saturated heterocycles. The lowest BCUT2D eigenvalue weighted by molar-refractivity contribution is 0.276. The van der Waals surface area contributed by atoms with E-state index in [9.17, 15) is 15.3 Å². The molecule has 216 valence electrons. The maximum atomic E-state index is 9.71. The van der Waals surface area contributed by atoms with Crippen LogP contribution in [0.3, 0.4) is 0 Å². The molecule has 5 rings (SSSR count). The van der Waals surface area contributed by atoms with E-state index in [0.29, 0.717) is 28.2 Å². The Labute approximate surface area is 248 Å². The number of phenolic OH excluding ortho intramolecular Hbond substituents is 1. The molecule has 5 N–H and O–H groups in total. The Morgan fingerprint density at radius 1 is 0.738 bits per heavy atom. The zero-order valence-corrected chi connectivity index (χ0v) is 23.6. The third kappa shape index (κ3) is 8.37. The normalized spacial score (nSPS) is 11.9. The molecular formula is C31H31ClN6O4. The molecule has 2 atom stereocenters. The van der Waals surface area contributed by atoms with Crippen molar-refractivity contribution in [3.63, 3.8) is 0 Å². The van der Waals surface area contributed by atoms with Crippen molar-refractivity contribution < 1.29 is 20.1 Å². The van der Waals surface area contributed by atoms with Crippen molar-refractivity contribution >= 4 is 23.2 Å². The van der Waals surface area contributed by atoms with Crippen molar-refractivity contribution in [3.8, 4) is 22.8 Å².